The molecule has 0 aromatic carbocycles. The molecule has 1 heterocycles. The first-order valence-electron chi connectivity index (χ1n) is 8.08. The van der Waals surface area contributed by atoms with Crippen molar-refractivity contribution in [1.29, 1.82) is 0 Å². The van der Waals surface area contributed by atoms with Crippen LogP contribution in [0.25, 0.3) is 0 Å². The van der Waals surface area contributed by atoms with Gasteiger partial charge in [0.25, 0.3) is 0 Å². The lowest BCUT2D eigenvalue weighted by Crippen LogP contribution is -2.35. The van der Waals surface area contributed by atoms with Gasteiger partial charge in [0.05, 0.1) is 6.61 Å². The Morgan fingerprint density at radius 1 is 1.33 bits per heavy atom. The highest BCUT2D eigenvalue weighted by atomic mass is 16.3. The monoisotopic (exact) mass is 292 g/mol. The van der Waals surface area contributed by atoms with Gasteiger partial charge >= 0.3 is 0 Å². The standard InChI is InChI=1S/C16H28N4O/c1-5-8-17-14-12(4)16(20(9-10-21)11(2)3)19-15(18-14)13-6-7-13/h11,13,21H,5-10H2,1-4H3,(H,17,18,19). The zero-order chi connectivity index (χ0) is 15.4. The normalized spacial score (nSPS) is 14.6. The van der Waals surface area contributed by atoms with E-state index >= 15 is 0 Å². The second-order valence-corrected chi connectivity index (χ2v) is 6.09. The first-order valence-corrected chi connectivity index (χ1v) is 8.08. The number of nitrogens with zero attached hydrogens (tertiary/aromatic N) is 3. The molecule has 1 aromatic rings. The van der Waals surface area contributed by atoms with Gasteiger partial charge in [-0.2, -0.15) is 0 Å². The molecule has 1 saturated carbocycles. The third-order valence-electron chi connectivity index (χ3n) is 3.86. The van der Waals surface area contributed by atoms with Gasteiger partial charge in [-0.1, -0.05) is 6.92 Å². The summed E-state index contributed by atoms with van der Waals surface area (Å²) in [5.41, 5.74) is 1.08. The van der Waals surface area contributed by atoms with Crippen molar-refractivity contribution in [3.8, 4) is 0 Å². The molecule has 118 valence electrons. The van der Waals surface area contributed by atoms with E-state index in [1.807, 2.05) is 0 Å². The highest BCUT2D eigenvalue weighted by Crippen LogP contribution is 2.40. The van der Waals surface area contributed by atoms with E-state index in [0.29, 0.717) is 18.5 Å². The summed E-state index contributed by atoms with van der Waals surface area (Å²) in [4.78, 5) is 11.7. The molecule has 0 amide bonds. The van der Waals surface area contributed by atoms with Crippen LogP contribution >= 0.6 is 0 Å². The molecule has 1 aliphatic carbocycles. The summed E-state index contributed by atoms with van der Waals surface area (Å²) < 4.78 is 0. The van der Waals surface area contributed by atoms with Gasteiger partial charge in [-0.05, 0) is 40.0 Å². The average Bonchev–Trinajstić information content (AvgIpc) is 3.28. The Hall–Kier alpha value is -1.36. The fourth-order valence-corrected chi connectivity index (χ4v) is 2.46. The molecule has 0 spiro atoms. The number of aromatic nitrogens is 2. The number of nitrogens with one attached hydrogen (secondary N) is 1. The molecule has 0 unspecified atom stereocenters. The lowest BCUT2D eigenvalue weighted by molar-refractivity contribution is 0.298. The van der Waals surface area contributed by atoms with Gasteiger partial charge in [-0.3, -0.25) is 0 Å². The van der Waals surface area contributed by atoms with Crippen molar-refractivity contribution in [3.63, 3.8) is 0 Å². The van der Waals surface area contributed by atoms with Crippen LogP contribution in [0.15, 0.2) is 0 Å². The Balaban J connectivity index is 2.38. The molecule has 0 aliphatic heterocycles. The molecule has 2 rings (SSSR count). The molecule has 5 nitrogen and oxygen atoms in total. The Morgan fingerprint density at radius 3 is 2.57 bits per heavy atom. The van der Waals surface area contributed by atoms with Gasteiger partial charge in [0.2, 0.25) is 0 Å². The number of aliphatic hydroxyl groups excluding tert-OH is 1. The molecule has 0 radical (unpaired) electrons. The smallest absolute Gasteiger partial charge is 0.137 e. The van der Waals surface area contributed by atoms with Gasteiger partial charge in [0, 0.05) is 30.6 Å². The lowest BCUT2D eigenvalue weighted by Gasteiger charge is -2.29. The molecule has 2 N–H and O–H groups in total. The molecule has 0 atom stereocenters. The Bertz CT molecular complexity index is 472. The highest BCUT2D eigenvalue weighted by Gasteiger charge is 2.29. The zero-order valence-electron chi connectivity index (χ0n) is 13.7. The number of rotatable bonds is 8. The SMILES string of the molecule is CCCNc1nc(C2CC2)nc(N(CCO)C(C)C)c1C. The Labute approximate surface area is 127 Å². The van der Waals surface area contributed by atoms with E-state index in [-0.39, 0.29) is 6.61 Å². The molecule has 1 aliphatic rings. The maximum Gasteiger partial charge on any atom is 0.137 e. The van der Waals surface area contributed by atoms with Crippen LogP contribution in [-0.4, -0.2) is 40.8 Å². The first kappa shape index (κ1) is 16.0. The highest BCUT2D eigenvalue weighted by molar-refractivity contribution is 5.59. The van der Waals surface area contributed by atoms with Crippen LogP contribution in [0.5, 0.6) is 0 Å². The van der Waals surface area contributed by atoms with Crippen molar-refractivity contribution in [2.75, 3.05) is 29.9 Å². The van der Waals surface area contributed by atoms with Crippen LogP contribution < -0.4 is 10.2 Å². The van der Waals surface area contributed by atoms with E-state index in [9.17, 15) is 5.11 Å². The van der Waals surface area contributed by atoms with Crippen molar-refractivity contribution < 1.29 is 5.11 Å². The van der Waals surface area contributed by atoms with Crippen molar-refractivity contribution in [2.45, 2.75) is 58.9 Å². The summed E-state index contributed by atoms with van der Waals surface area (Å²) in [5, 5.41) is 12.8. The first-order chi connectivity index (χ1) is 10.1. The van der Waals surface area contributed by atoms with Gasteiger partial charge < -0.3 is 15.3 Å². The molecule has 5 heteroatoms. The summed E-state index contributed by atoms with van der Waals surface area (Å²) >= 11 is 0. The lowest BCUT2D eigenvalue weighted by atomic mass is 10.2. The third-order valence-corrected chi connectivity index (χ3v) is 3.86. The predicted molar refractivity (Wildman–Crippen MR) is 87.1 cm³/mol. The largest absolute Gasteiger partial charge is 0.395 e. The van der Waals surface area contributed by atoms with Gasteiger partial charge in [0.1, 0.15) is 17.5 Å². The van der Waals surface area contributed by atoms with Gasteiger partial charge in [-0.25, -0.2) is 9.97 Å². The Morgan fingerprint density at radius 2 is 2.05 bits per heavy atom. The maximum atomic E-state index is 9.34. The summed E-state index contributed by atoms with van der Waals surface area (Å²) in [6.07, 6.45) is 3.46. The summed E-state index contributed by atoms with van der Waals surface area (Å²) in [7, 11) is 0. The van der Waals surface area contributed by atoms with Crippen LogP contribution in [0.4, 0.5) is 11.6 Å². The molecular formula is C16H28N4O. The number of aliphatic hydroxyl groups is 1. The number of hydrogen-bond acceptors (Lipinski definition) is 5. The van der Waals surface area contributed by atoms with Gasteiger partial charge in [-0.15, -0.1) is 0 Å². The minimum atomic E-state index is 0.137. The summed E-state index contributed by atoms with van der Waals surface area (Å²) in [5.74, 6) is 3.40. The van der Waals surface area contributed by atoms with Crippen LogP contribution in [0.3, 0.4) is 0 Å². The summed E-state index contributed by atoms with van der Waals surface area (Å²) in [6, 6.07) is 0.303. The number of hydrogen-bond donors (Lipinski definition) is 2. The van der Waals surface area contributed by atoms with Crippen molar-refractivity contribution in [1.82, 2.24) is 9.97 Å². The van der Waals surface area contributed by atoms with Crippen LogP contribution in [0.1, 0.15) is 57.3 Å². The second-order valence-electron chi connectivity index (χ2n) is 6.09. The molecular weight excluding hydrogens is 264 g/mol. The zero-order valence-corrected chi connectivity index (χ0v) is 13.7. The van der Waals surface area contributed by atoms with E-state index in [2.05, 4.69) is 37.9 Å². The molecule has 21 heavy (non-hydrogen) atoms. The van der Waals surface area contributed by atoms with E-state index in [4.69, 9.17) is 9.97 Å². The van der Waals surface area contributed by atoms with Crippen LogP contribution in [0, 0.1) is 6.92 Å². The van der Waals surface area contributed by atoms with Crippen LogP contribution in [-0.2, 0) is 0 Å². The van der Waals surface area contributed by atoms with Crippen molar-refractivity contribution >= 4 is 11.6 Å². The minimum Gasteiger partial charge on any atom is -0.395 e. The minimum absolute atomic E-state index is 0.137. The fourth-order valence-electron chi connectivity index (χ4n) is 2.46. The van der Waals surface area contributed by atoms with E-state index in [1.165, 1.54) is 12.8 Å². The average molecular weight is 292 g/mol. The Kier molecular flexibility index (Phi) is 5.39. The predicted octanol–water partition coefficient (Wildman–Crippen LogP) is 2.69. The van der Waals surface area contributed by atoms with E-state index < -0.39 is 0 Å². The van der Waals surface area contributed by atoms with E-state index in [1.54, 1.807) is 0 Å². The topological polar surface area (TPSA) is 61.3 Å². The van der Waals surface area contributed by atoms with Crippen LogP contribution in [0.2, 0.25) is 0 Å². The fraction of sp³-hybridized carbons (Fsp3) is 0.750. The quantitative estimate of drug-likeness (QED) is 0.771. The molecule has 1 aromatic heterocycles. The van der Waals surface area contributed by atoms with Crippen molar-refractivity contribution in [3.05, 3.63) is 11.4 Å². The summed E-state index contributed by atoms with van der Waals surface area (Å²) in [6.45, 7) is 10.1. The molecule has 0 saturated heterocycles. The van der Waals surface area contributed by atoms with Gasteiger partial charge in [0.15, 0.2) is 0 Å². The van der Waals surface area contributed by atoms with E-state index in [0.717, 1.165) is 36.0 Å². The number of anilines is 2. The molecule has 0 bridgehead atoms. The maximum absolute atomic E-state index is 9.34. The van der Waals surface area contributed by atoms with Crippen molar-refractivity contribution in [2.24, 2.45) is 0 Å². The second kappa shape index (κ2) is 7.07. The third kappa shape index (κ3) is 3.84. The molecule has 1 fully saturated rings.